The summed E-state index contributed by atoms with van der Waals surface area (Å²) in [7, 11) is 0. The molecule has 0 saturated carbocycles. The van der Waals surface area contributed by atoms with E-state index < -0.39 is 23.2 Å². The molecule has 0 aliphatic carbocycles. The number of aromatic amines is 1. The van der Waals surface area contributed by atoms with Gasteiger partial charge in [-0.05, 0) is 19.4 Å². The summed E-state index contributed by atoms with van der Waals surface area (Å²) in [6.07, 6.45) is 0. The Morgan fingerprint density at radius 3 is 2.52 bits per heavy atom. The standard InChI is InChI=1S/C16H15N3O3S/c1-8-3-5-10(6-4-8)11-7-23-14-12(11)15(21)19(16(22)18-14)9(2)13(17)20/h3-7,9H,1-2H3,(H2,17,20)(H,18,22). The van der Waals surface area contributed by atoms with Gasteiger partial charge in [0.05, 0.1) is 5.39 Å². The second-order valence-electron chi connectivity index (χ2n) is 5.40. The number of aryl methyl sites for hydroxylation is 1. The molecular weight excluding hydrogens is 314 g/mol. The predicted molar refractivity (Wildman–Crippen MR) is 90.8 cm³/mol. The van der Waals surface area contributed by atoms with Crippen molar-refractivity contribution in [1.82, 2.24) is 9.55 Å². The van der Waals surface area contributed by atoms with Gasteiger partial charge in [-0.3, -0.25) is 14.6 Å². The number of fused-ring (bicyclic) bond motifs is 1. The maximum absolute atomic E-state index is 12.8. The smallest absolute Gasteiger partial charge is 0.330 e. The van der Waals surface area contributed by atoms with Crippen LogP contribution in [0.25, 0.3) is 21.3 Å². The van der Waals surface area contributed by atoms with Crippen LogP contribution in [0.3, 0.4) is 0 Å². The molecule has 2 heterocycles. The molecule has 6 nitrogen and oxygen atoms in total. The number of carbonyl (C=O) groups excluding carboxylic acids is 1. The second-order valence-corrected chi connectivity index (χ2v) is 6.28. The van der Waals surface area contributed by atoms with Crippen LogP contribution in [0.2, 0.25) is 0 Å². The second kappa shape index (κ2) is 5.51. The van der Waals surface area contributed by atoms with Crippen LogP contribution >= 0.6 is 11.3 Å². The van der Waals surface area contributed by atoms with Crippen molar-refractivity contribution < 1.29 is 4.79 Å². The molecule has 0 spiro atoms. The normalized spacial score (nSPS) is 12.4. The zero-order valence-electron chi connectivity index (χ0n) is 12.6. The van der Waals surface area contributed by atoms with Gasteiger partial charge in [0.25, 0.3) is 5.56 Å². The first-order valence-electron chi connectivity index (χ1n) is 7.02. The Balaban J connectivity index is 2.33. The predicted octanol–water partition coefficient (Wildman–Crippen LogP) is 1.77. The van der Waals surface area contributed by atoms with E-state index >= 15 is 0 Å². The molecule has 7 heteroatoms. The molecule has 1 aromatic carbocycles. The third kappa shape index (κ3) is 2.49. The number of benzene rings is 1. The van der Waals surface area contributed by atoms with Crippen molar-refractivity contribution in [2.45, 2.75) is 19.9 Å². The van der Waals surface area contributed by atoms with E-state index in [0.29, 0.717) is 10.2 Å². The summed E-state index contributed by atoms with van der Waals surface area (Å²) >= 11 is 1.29. The van der Waals surface area contributed by atoms with E-state index in [1.54, 1.807) is 0 Å². The zero-order valence-corrected chi connectivity index (χ0v) is 13.4. The summed E-state index contributed by atoms with van der Waals surface area (Å²) in [4.78, 5) is 39.4. The monoisotopic (exact) mass is 329 g/mol. The van der Waals surface area contributed by atoms with Gasteiger partial charge >= 0.3 is 5.69 Å². The fraction of sp³-hybridized carbons (Fsp3) is 0.188. The van der Waals surface area contributed by atoms with Gasteiger partial charge in [-0.2, -0.15) is 0 Å². The Labute approximate surface area is 135 Å². The lowest BCUT2D eigenvalue weighted by atomic mass is 10.0. The highest BCUT2D eigenvalue weighted by atomic mass is 32.1. The molecule has 0 fully saturated rings. The van der Waals surface area contributed by atoms with E-state index in [1.807, 2.05) is 36.6 Å². The first-order chi connectivity index (χ1) is 10.9. The van der Waals surface area contributed by atoms with E-state index in [0.717, 1.165) is 21.3 Å². The highest BCUT2D eigenvalue weighted by molar-refractivity contribution is 7.17. The van der Waals surface area contributed by atoms with Crippen molar-refractivity contribution in [3.05, 3.63) is 56.0 Å². The van der Waals surface area contributed by atoms with Gasteiger partial charge in [0.2, 0.25) is 5.91 Å². The fourth-order valence-corrected chi connectivity index (χ4v) is 3.41. The summed E-state index contributed by atoms with van der Waals surface area (Å²) in [6, 6.07) is 6.73. The average molecular weight is 329 g/mol. The molecule has 0 aliphatic rings. The number of carbonyl (C=O) groups is 1. The van der Waals surface area contributed by atoms with E-state index in [2.05, 4.69) is 4.98 Å². The lowest BCUT2D eigenvalue weighted by Crippen LogP contribution is -2.41. The van der Waals surface area contributed by atoms with Crippen LogP contribution in [0.4, 0.5) is 0 Å². The first-order valence-corrected chi connectivity index (χ1v) is 7.90. The van der Waals surface area contributed by atoms with Crippen LogP contribution in [-0.4, -0.2) is 15.5 Å². The molecular formula is C16H15N3O3S. The maximum atomic E-state index is 12.8. The van der Waals surface area contributed by atoms with Gasteiger partial charge < -0.3 is 5.73 Å². The summed E-state index contributed by atoms with van der Waals surface area (Å²) in [6.45, 7) is 3.41. The van der Waals surface area contributed by atoms with Crippen LogP contribution in [0.15, 0.2) is 39.2 Å². The van der Waals surface area contributed by atoms with Gasteiger partial charge in [-0.1, -0.05) is 29.8 Å². The minimum Gasteiger partial charge on any atom is -0.368 e. The van der Waals surface area contributed by atoms with Crippen molar-refractivity contribution in [3.8, 4) is 11.1 Å². The number of hydrogen-bond donors (Lipinski definition) is 2. The molecule has 2 aromatic heterocycles. The zero-order chi connectivity index (χ0) is 16.7. The summed E-state index contributed by atoms with van der Waals surface area (Å²) in [5.74, 6) is -0.732. The molecule has 3 N–H and O–H groups in total. The first kappa shape index (κ1) is 15.2. The number of primary amides is 1. The number of nitrogens with one attached hydrogen (secondary N) is 1. The Kier molecular flexibility index (Phi) is 3.65. The molecule has 0 radical (unpaired) electrons. The lowest BCUT2D eigenvalue weighted by molar-refractivity contribution is -0.120. The van der Waals surface area contributed by atoms with Crippen LogP contribution in [0.1, 0.15) is 18.5 Å². The van der Waals surface area contributed by atoms with Crippen LogP contribution < -0.4 is 17.0 Å². The molecule has 0 aliphatic heterocycles. The number of thiophene rings is 1. The van der Waals surface area contributed by atoms with Crippen molar-refractivity contribution in [3.63, 3.8) is 0 Å². The summed E-state index contributed by atoms with van der Waals surface area (Å²) < 4.78 is 0.870. The third-order valence-corrected chi connectivity index (χ3v) is 4.72. The van der Waals surface area contributed by atoms with E-state index in [1.165, 1.54) is 18.3 Å². The highest BCUT2D eigenvalue weighted by Crippen LogP contribution is 2.30. The minimum atomic E-state index is -1.01. The van der Waals surface area contributed by atoms with Gasteiger partial charge in [0.15, 0.2) is 0 Å². The van der Waals surface area contributed by atoms with Gasteiger partial charge in [0, 0.05) is 10.9 Å². The molecule has 1 amide bonds. The highest BCUT2D eigenvalue weighted by Gasteiger charge is 2.20. The van der Waals surface area contributed by atoms with Gasteiger partial charge in [-0.15, -0.1) is 11.3 Å². The average Bonchev–Trinajstić information content (AvgIpc) is 2.91. The van der Waals surface area contributed by atoms with Gasteiger partial charge in [0.1, 0.15) is 10.9 Å². The molecule has 0 bridgehead atoms. The van der Waals surface area contributed by atoms with Crippen LogP contribution in [-0.2, 0) is 4.79 Å². The molecule has 3 rings (SSSR count). The SMILES string of the molecule is Cc1ccc(-c2csc3[nH]c(=O)n(C(C)C(N)=O)c(=O)c23)cc1. The van der Waals surface area contributed by atoms with E-state index in [4.69, 9.17) is 5.73 Å². The van der Waals surface area contributed by atoms with Crippen molar-refractivity contribution in [1.29, 1.82) is 0 Å². The molecule has 118 valence electrons. The number of rotatable bonds is 3. The van der Waals surface area contributed by atoms with Crippen molar-refractivity contribution >= 4 is 27.5 Å². The summed E-state index contributed by atoms with van der Waals surface area (Å²) in [5.41, 5.74) is 6.83. The molecule has 23 heavy (non-hydrogen) atoms. The largest absolute Gasteiger partial charge is 0.368 e. The van der Waals surface area contributed by atoms with Crippen LogP contribution in [0.5, 0.6) is 0 Å². The molecule has 1 atom stereocenters. The quantitative estimate of drug-likeness (QED) is 0.766. The van der Waals surface area contributed by atoms with E-state index in [9.17, 15) is 14.4 Å². The summed E-state index contributed by atoms with van der Waals surface area (Å²) in [5, 5.41) is 2.22. The third-order valence-electron chi connectivity index (χ3n) is 3.82. The van der Waals surface area contributed by atoms with Gasteiger partial charge in [-0.25, -0.2) is 9.36 Å². The van der Waals surface area contributed by atoms with E-state index in [-0.39, 0.29) is 0 Å². The fourth-order valence-electron chi connectivity index (χ4n) is 2.46. The Morgan fingerprint density at radius 2 is 1.91 bits per heavy atom. The molecule has 1 unspecified atom stereocenters. The Bertz CT molecular complexity index is 1010. The Morgan fingerprint density at radius 1 is 1.26 bits per heavy atom. The minimum absolute atomic E-state index is 0.395. The van der Waals surface area contributed by atoms with Crippen molar-refractivity contribution in [2.24, 2.45) is 5.73 Å². The number of H-pyrrole nitrogens is 1. The number of nitrogens with zero attached hydrogens (tertiary/aromatic N) is 1. The number of amides is 1. The lowest BCUT2D eigenvalue weighted by Gasteiger charge is -2.10. The number of hydrogen-bond acceptors (Lipinski definition) is 4. The maximum Gasteiger partial charge on any atom is 0.330 e. The van der Waals surface area contributed by atoms with Crippen LogP contribution in [0, 0.1) is 6.92 Å². The number of nitrogens with two attached hydrogens (primary N) is 1. The van der Waals surface area contributed by atoms with Crippen molar-refractivity contribution in [2.75, 3.05) is 0 Å². The number of aromatic nitrogens is 2. The topological polar surface area (TPSA) is 97.9 Å². The molecule has 3 aromatic rings. The Hall–Kier alpha value is -2.67. The molecule has 0 saturated heterocycles.